The lowest BCUT2D eigenvalue weighted by Crippen LogP contribution is -2.35. The van der Waals surface area contributed by atoms with E-state index >= 15 is 0 Å². The Morgan fingerprint density at radius 1 is 1.45 bits per heavy atom. The van der Waals surface area contributed by atoms with Gasteiger partial charge in [0.05, 0.1) is 5.75 Å². The molecule has 1 fully saturated rings. The Labute approximate surface area is 124 Å². The number of hydrogen-bond donors (Lipinski definition) is 1. The molecular formula is C12H21N3O3S2. The fourth-order valence-electron chi connectivity index (χ4n) is 2.46. The minimum Gasteiger partial charge on any atom is -0.384 e. The van der Waals surface area contributed by atoms with Crippen molar-refractivity contribution < 1.29 is 13.2 Å². The molecule has 2 N–H and O–H groups in total. The van der Waals surface area contributed by atoms with E-state index in [-0.39, 0.29) is 16.5 Å². The van der Waals surface area contributed by atoms with Gasteiger partial charge in [-0.25, -0.2) is 8.42 Å². The van der Waals surface area contributed by atoms with Crippen LogP contribution < -0.4 is 10.6 Å². The molecule has 1 aromatic rings. The van der Waals surface area contributed by atoms with Gasteiger partial charge in [-0.15, -0.1) is 0 Å². The number of nitrogens with zero attached hydrogens (tertiary/aromatic N) is 2. The van der Waals surface area contributed by atoms with Gasteiger partial charge in [0, 0.05) is 26.8 Å². The molecule has 0 aromatic carbocycles. The molecule has 114 valence electrons. The van der Waals surface area contributed by atoms with Gasteiger partial charge in [-0.3, -0.25) is 0 Å². The van der Waals surface area contributed by atoms with Gasteiger partial charge in [0.1, 0.15) is 9.90 Å². The Hall–Kier alpha value is -0.860. The van der Waals surface area contributed by atoms with Gasteiger partial charge in [0.25, 0.3) is 0 Å². The third-order valence-corrected chi connectivity index (χ3v) is 6.49. The molecule has 1 aromatic heterocycles. The Morgan fingerprint density at radius 2 is 2.10 bits per heavy atom. The van der Waals surface area contributed by atoms with E-state index in [1.54, 1.807) is 14.0 Å². The van der Waals surface area contributed by atoms with E-state index in [1.165, 1.54) is 11.5 Å². The van der Waals surface area contributed by atoms with Crippen LogP contribution in [0.5, 0.6) is 0 Å². The van der Waals surface area contributed by atoms with Crippen LogP contribution in [0, 0.1) is 5.92 Å². The van der Waals surface area contributed by atoms with Crippen molar-refractivity contribution in [3.05, 3.63) is 0 Å². The first-order valence-corrected chi connectivity index (χ1v) is 9.14. The summed E-state index contributed by atoms with van der Waals surface area (Å²) in [6.45, 7) is 4.03. The molecule has 8 heteroatoms. The molecule has 1 aliphatic heterocycles. The molecule has 0 atom stereocenters. The zero-order valence-electron chi connectivity index (χ0n) is 11.8. The normalized spacial score (nSPS) is 17.6. The molecule has 2 rings (SSSR count). The summed E-state index contributed by atoms with van der Waals surface area (Å²) in [5, 5.41) is 0.695. The monoisotopic (exact) mass is 319 g/mol. The molecule has 0 radical (unpaired) electrons. The maximum Gasteiger partial charge on any atom is 0.184 e. The Balaban J connectivity index is 2.19. The number of piperidine rings is 1. The van der Waals surface area contributed by atoms with Gasteiger partial charge in [0.2, 0.25) is 0 Å². The number of hydrogen-bond acceptors (Lipinski definition) is 7. The molecule has 20 heavy (non-hydrogen) atoms. The number of rotatable bonds is 5. The highest BCUT2D eigenvalue weighted by molar-refractivity contribution is 7.91. The van der Waals surface area contributed by atoms with Crippen molar-refractivity contribution in [3.63, 3.8) is 0 Å². The predicted octanol–water partition coefficient (Wildman–Crippen LogP) is 1.38. The largest absolute Gasteiger partial charge is 0.384 e. The highest BCUT2D eigenvalue weighted by atomic mass is 32.2. The van der Waals surface area contributed by atoms with Crippen LogP contribution in [-0.4, -0.2) is 45.4 Å². The van der Waals surface area contributed by atoms with Crippen LogP contribution in [-0.2, 0) is 14.6 Å². The first-order valence-electron chi connectivity index (χ1n) is 6.71. The summed E-state index contributed by atoms with van der Waals surface area (Å²) in [5.41, 5.74) is 5.76. The summed E-state index contributed by atoms with van der Waals surface area (Å²) in [7, 11) is -1.62. The molecule has 0 amide bonds. The number of nitrogen functional groups attached to an aromatic ring is 1. The Bertz CT molecular complexity index is 548. The number of nitrogens with two attached hydrogens (primary N) is 1. The van der Waals surface area contributed by atoms with E-state index in [2.05, 4.69) is 9.27 Å². The zero-order valence-corrected chi connectivity index (χ0v) is 13.5. The topological polar surface area (TPSA) is 85.5 Å². The number of ether oxygens (including phenoxy) is 1. The van der Waals surface area contributed by atoms with Crippen molar-refractivity contribution in [1.82, 2.24) is 4.37 Å². The highest BCUT2D eigenvalue weighted by Gasteiger charge is 2.29. The molecule has 0 spiro atoms. The van der Waals surface area contributed by atoms with Crippen LogP contribution in [0.3, 0.4) is 0 Å². The number of sulfone groups is 1. The van der Waals surface area contributed by atoms with Gasteiger partial charge >= 0.3 is 0 Å². The van der Waals surface area contributed by atoms with Crippen molar-refractivity contribution in [3.8, 4) is 0 Å². The molecule has 0 bridgehead atoms. The fraction of sp³-hybridized carbons (Fsp3) is 0.750. The van der Waals surface area contributed by atoms with E-state index in [9.17, 15) is 8.42 Å². The average molecular weight is 319 g/mol. The number of methoxy groups -OCH3 is 1. The summed E-state index contributed by atoms with van der Waals surface area (Å²) < 4.78 is 33.5. The number of aromatic nitrogens is 1. The van der Waals surface area contributed by atoms with Crippen LogP contribution in [0.1, 0.15) is 19.8 Å². The van der Waals surface area contributed by atoms with E-state index in [4.69, 9.17) is 10.5 Å². The minimum atomic E-state index is -3.33. The summed E-state index contributed by atoms with van der Waals surface area (Å²) in [5.74, 6) is 0.724. The Kier molecular flexibility index (Phi) is 4.87. The third-order valence-electron chi connectivity index (χ3n) is 3.65. The lowest BCUT2D eigenvalue weighted by Gasteiger charge is -2.32. The summed E-state index contributed by atoms with van der Waals surface area (Å²) >= 11 is 1.18. The van der Waals surface area contributed by atoms with Crippen LogP contribution in [0.4, 0.5) is 10.8 Å². The molecule has 1 saturated heterocycles. The zero-order chi connectivity index (χ0) is 14.8. The second-order valence-electron chi connectivity index (χ2n) is 4.99. The van der Waals surface area contributed by atoms with Gasteiger partial charge in [-0.05, 0) is 30.3 Å². The molecule has 0 saturated carbocycles. The van der Waals surface area contributed by atoms with E-state index in [1.807, 2.05) is 0 Å². The van der Waals surface area contributed by atoms with Gasteiger partial charge in [0.15, 0.2) is 15.7 Å². The van der Waals surface area contributed by atoms with Crippen molar-refractivity contribution in [2.45, 2.75) is 24.7 Å². The van der Waals surface area contributed by atoms with E-state index in [0.717, 1.165) is 32.5 Å². The summed E-state index contributed by atoms with van der Waals surface area (Å²) in [4.78, 5) is 2.30. The van der Waals surface area contributed by atoms with Crippen molar-refractivity contribution in [2.24, 2.45) is 5.92 Å². The van der Waals surface area contributed by atoms with Crippen LogP contribution in [0.25, 0.3) is 0 Å². The quantitative estimate of drug-likeness (QED) is 0.882. The molecule has 0 unspecified atom stereocenters. The van der Waals surface area contributed by atoms with Crippen LogP contribution in [0.15, 0.2) is 4.90 Å². The van der Waals surface area contributed by atoms with Crippen molar-refractivity contribution in [1.29, 1.82) is 0 Å². The second-order valence-corrected chi connectivity index (χ2v) is 7.96. The van der Waals surface area contributed by atoms with Gasteiger partial charge < -0.3 is 15.4 Å². The number of anilines is 2. The maximum absolute atomic E-state index is 12.2. The molecule has 0 aliphatic carbocycles. The average Bonchev–Trinajstić information content (AvgIpc) is 2.83. The smallest absolute Gasteiger partial charge is 0.184 e. The molecular weight excluding hydrogens is 298 g/mol. The van der Waals surface area contributed by atoms with Crippen LogP contribution in [0.2, 0.25) is 0 Å². The Morgan fingerprint density at radius 3 is 2.65 bits per heavy atom. The highest BCUT2D eigenvalue weighted by Crippen LogP contribution is 2.37. The third kappa shape index (κ3) is 3.07. The molecule has 1 aliphatic rings. The lowest BCUT2D eigenvalue weighted by atomic mass is 9.98. The SMILES string of the molecule is CCS(=O)(=O)c1c(N)nsc1N1CCC(COC)CC1. The van der Waals surface area contributed by atoms with Gasteiger partial charge in [-0.2, -0.15) is 4.37 Å². The van der Waals surface area contributed by atoms with Crippen molar-refractivity contribution >= 4 is 32.2 Å². The second kappa shape index (κ2) is 6.28. The van der Waals surface area contributed by atoms with Crippen molar-refractivity contribution in [2.75, 3.05) is 43.2 Å². The lowest BCUT2D eigenvalue weighted by molar-refractivity contribution is 0.139. The van der Waals surface area contributed by atoms with Crippen LogP contribution >= 0.6 is 11.5 Å². The fourth-order valence-corrected chi connectivity index (χ4v) is 4.82. The predicted molar refractivity (Wildman–Crippen MR) is 81.1 cm³/mol. The molecule has 2 heterocycles. The standard InChI is InChI=1S/C12H21N3O3S2/c1-3-20(16,17)10-11(13)14-19-12(10)15-6-4-9(5-7-15)8-18-2/h9H,3-8H2,1-2H3,(H2,13,14). The first-order chi connectivity index (χ1) is 9.49. The van der Waals surface area contributed by atoms with E-state index < -0.39 is 9.84 Å². The molecule has 6 nitrogen and oxygen atoms in total. The minimum absolute atomic E-state index is 0.0444. The van der Waals surface area contributed by atoms with Gasteiger partial charge in [-0.1, -0.05) is 6.92 Å². The summed E-state index contributed by atoms with van der Waals surface area (Å²) in [6.07, 6.45) is 1.99. The summed E-state index contributed by atoms with van der Waals surface area (Å²) in [6, 6.07) is 0. The van der Waals surface area contributed by atoms with E-state index in [0.29, 0.717) is 10.9 Å². The first kappa shape index (κ1) is 15.5. The maximum atomic E-state index is 12.2.